The van der Waals surface area contributed by atoms with Crippen molar-refractivity contribution in [2.45, 2.75) is 20.4 Å². The molecule has 3 aromatic rings. The van der Waals surface area contributed by atoms with Crippen LogP contribution in [0.1, 0.15) is 27.2 Å². The summed E-state index contributed by atoms with van der Waals surface area (Å²) in [5, 5.41) is 18.2. The summed E-state index contributed by atoms with van der Waals surface area (Å²) < 4.78 is 1.99. The quantitative estimate of drug-likeness (QED) is 0.562. The number of carboxylic acids is 2. The lowest BCUT2D eigenvalue weighted by Gasteiger charge is -2.14. The zero-order chi connectivity index (χ0) is 22.4. The van der Waals surface area contributed by atoms with Crippen molar-refractivity contribution < 1.29 is 24.6 Å². The molecule has 0 unspecified atom stereocenters. The van der Waals surface area contributed by atoms with Gasteiger partial charge in [0, 0.05) is 32.4 Å². The second kappa shape index (κ2) is 9.55. The number of hydrogen-bond donors (Lipinski definition) is 3. The first-order chi connectivity index (χ1) is 14.1. The highest BCUT2D eigenvalue weighted by Crippen LogP contribution is 2.19. The number of aliphatic carboxylic acids is 2. The van der Waals surface area contributed by atoms with Crippen molar-refractivity contribution in [3.05, 3.63) is 65.0 Å². The Kier molecular flexibility index (Phi) is 7.13. The van der Waals surface area contributed by atoms with Crippen LogP contribution in [0.25, 0.3) is 5.65 Å². The monoisotopic (exact) mass is 412 g/mol. The molecule has 0 spiro atoms. The first kappa shape index (κ1) is 22.4. The number of fused-ring (bicyclic) bond motifs is 1. The van der Waals surface area contributed by atoms with Gasteiger partial charge in [-0.3, -0.25) is 9.20 Å². The number of imidazole rings is 1. The number of aromatic nitrogens is 2. The highest BCUT2D eigenvalue weighted by atomic mass is 16.4. The first-order valence-corrected chi connectivity index (χ1v) is 9.06. The predicted octanol–water partition coefficient (Wildman–Crippen LogP) is 2.42. The molecule has 0 aliphatic carbocycles. The third kappa shape index (κ3) is 5.57. The SMILES string of the molecule is Cc1cn2c(NCc3ccccc3C)cc(C(=O)N(C)C)cc2n1.O=C(O)C(=O)O. The molecule has 3 rings (SSSR count). The minimum absolute atomic E-state index is 0.0305. The van der Waals surface area contributed by atoms with Gasteiger partial charge in [0.2, 0.25) is 0 Å². The van der Waals surface area contributed by atoms with E-state index in [9.17, 15) is 4.79 Å². The van der Waals surface area contributed by atoms with E-state index in [2.05, 4.69) is 29.4 Å². The summed E-state index contributed by atoms with van der Waals surface area (Å²) in [6.07, 6.45) is 1.97. The maximum atomic E-state index is 12.3. The van der Waals surface area contributed by atoms with Gasteiger partial charge >= 0.3 is 11.9 Å². The van der Waals surface area contributed by atoms with E-state index >= 15 is 0 Å². The molecule has 9 nitrogen and oxygen atoms in total. The average molecular weight is 412 g/mol. The van der Waals surface area contributed by atoms with Crippen LogP contribution in [0, 0.1) is 13.8 Å². The fourth-order valence-electron chi connectivity index (χ4n) is 2.72. The number of rotatable bonds is 4. The molecule has 3 N–H and O–H groups in total. The first-order valence-electron chi connectivity index (χ1n) is 9.06. The number of carbonyl (C=O) groups is 3. The average Bonchev–Trinajstić information content (AvgIpc) is 3.07. The Morgan fingerprint density at radius 1 is 1.07 bits per heavy atom. The molecule has 30 heavy (non-hydrogen) atoms. The van der Waals surface area contributed by atoms with Crippen molar-refractivity contribution in [1.29, 1.82) is 0 Å². The zero-order valence-electron chi connectivity index (χ0n) is 17.2. The van der Waals surface area contributed by atoms with E-state index in [-0.39, 0.29) is 5.91 Å². The Labute approximate surface area is 173 Å². The predicted molar refractivity (Wildman–Crippen MR) is 112 cm³/mol. The Morgan fingerprint density at radius 2 is 1.70 bits per heavy atom. The molecule has 0 radical (unpaired) electrons. The van der Waals surface area contributed by atoms with Gasteiger partial charge in [-0.2, -0.15) is 0 Å². The molecule has 158 valence electrons. The number of pyridine rings is 1. The molecule has 0 aliphatic heterocycles. The lowest BCUT2D eigenvalue weighted by Crippen LogP contribution is -2.22. The number of hydrogen-bond acceptors (Lipinski definition) is 5. The summed E-state index contributed by atoms with van der Waals surface area (Å²) in [4.78, 5) is 36.6. The molecule has 0 bridgehead atoms. The number of carbonyl (C=O) groups excluding carboxylic acids is 1. The van der Waals surface area contributed by atoms with Gasteiger partial charge < -0.3 is 20.4 Å². The largest absolute Gasteiger partial charge is 0.473 e. The molecule has 2 aromatic heterocycles. The Bertz CT molecular complexity index is 1080. The second-order valence-electron chi connectivity index (χ2n) is 6.83. The standard InChI is InChI=1S/C19H22N4O.C2H2O4/c1-13-7-5-6-8-15(13)11-20-17-9-16(19(24)22(3)4)10-18-21-14(2)12-23(17)18;3-1(4)2(5)6/h5-10,12,20H,11H2,1-4H3;(H,3,4)(H,5,6). The van der Waals surface area contributed by atoms with Crippen molar-refractivity contribution in [1.82, 2.24) is 14.3 Å². The van der Waals surface area contributed by atoms with Crippen LogP contribution in [0.15, 0.2) is 42.6 Å². The summed E-state index contributed by atoms with van der Waals surface area (Å²) in [5.74, 6) is -2.82. The van der Waals surface area contributed by atoms with Crippen LogP contribution in [0.3, 0.4) is 0 Å². The minimum atomic E-state index is -1.82. The number of carboxylic acid groups (broad SMARTS) is 2. The summed E-state index contributed by atoms with van der Waals surface area (Å²) in [5.41, 5.74) is 4.79. The number of aryl methyl sites for hydroxylation is 2. The van der Waals surface area contributed by atoms with Crippen molar-refractivity contribution in [3.63, 3.8) is 0 Å². The van der Waals surface area contributed by atoms with Gasteiger partial charge in [0.05, 0.1) is 5.69 Å². The van der Waals surface area contributed by atoms with Crippen molar-refractivity contribution >= 4 is 29.3 Å². The summed E-state index contributed by atoms with van der Waals surface area (Å²) in [6.45, 7) is 4.74. The smallest absolute Gasteiger partial charge is 0.414 e. The molecule has 0 saturated heterocycles. The molecule has 1 aromatic carbocycles. The van der Waals surface area contributed by atoms with Gasteiger partial charge in [0.15, 0.2) is 0 Å². The fourth-order valence-corrected chi connectivity index (χ4v) is 2.72. The van der Waals surface area contributed by atoms with Gasteiger partial charge in [-0.25, -0.2) is 14.6 Å². The molecule has 9 heteroatoms. The Morgan fingerprint density at radius 3 is 2.27 bits per heavy atom. The number of anilines is 1. The Balaban J connectivity index is 0.000000469. The van der Waals surface area contributed by atoms with Gasteiger partial charge in [0.1, 0.15) is 11.5 Å². The van der Waals surface area contributed by atoms with Crippen LogP contribution < -0.4 is 5.32 Å². The van der Waals surface area contributed by atoms with Crippen molar-refractivity contribution in [2.24, 2.45) is 0 Å². The van der Waals surface area contributed by atoms with Crippen LogP contribution >= 0.6 is 0 Å². The Hall–Kier alpha value is -3.88. The van der Waals surface area contributed by atoms with E-state index in [4.69, 9.17) is 19.8 Å². The topological polar surface area (TPSA) is 124 Å². The zero-order valence-corrected chi connectivity index (χ0v) is 17.2. The van der Waals surface area contributed by atoms with Crippen LogP contribution in [-0.4, -0.2) is 56.4 Å². The molecular formula is C21H24N4O5. The van der Waals surface area contributed by atoms with Gasteiger partial charge in [-0.15, -0.1) is 0 Å². The van der Waals surface area contributed by atoms with Crippen molar-refractivity contribution in [2.75, 3.05) is 19.4 Å². The maximum Gasteiger partial charge on any atom is 0.414 e. The fraction of sp³-hybridized carbons (Fsp3) is 0.238. The highest BCUT2D eigenvalue weighted by molar-refractivity contribution is 6.27. The number of nitrogens with one attached hydrogen (secondary N) is 1. The van der Waals surface area contributed by atoms with E-state index in [0.29, 0.717) is 12.1 Å². The second-order valence-corrected chi connectivity index (χ2v) is 6.83. The molecular weight excluding hydrogens is 388 g/mol. The van der Waals surface area contributed by atoms with E-state index < -0.39 is 11.9 Å². The molecule has 1 amide bonds. The third-order valence-corrected chi connectivity index (χ3v) is 4.25. The molecule has 2 heterocycles. The summed E-state index contributed by atoms with van der Waals surface area (Å²) in [6, 6.07) is 12.0. The summed E-state index contributed by atoms with van der Waals surface area (Å²) >= 11 is 0. The van der Waals surface area contributed by atoms with E-state index in [0.717, 1.165) is 17.2 Å². The van der Waals surface area contributed by atoms with Crippen LogP contribution in [-0.2, 0) is 16.1 Å². The summed E-state index contributed by atoms with van der Waals surface area (Å²) in [7, 11) is 3.51. The lowest BCUT2D eigenvalue weighted by molar-refractivity contribution is -0.159. The normalized spacial score (nSPS) is 10.1. The van der Waals surface area contributed by atoms with Crippen LogP contribution in [0.2, 0.25) is 0 Å². The molecule has 0 atom stereocenters. The van der Waals surface area contributed by atoms with Crippen molar-refractivity contribution in [3.8, 4) is 0 Å². The number of amides is 1. The lowest BCUT2D eigenvalue weighted by atomic mass is 10.1. The highest BCUT2D eigenvalue weighted by Gasteiger charge is 2.13. The minimum Gasteiger partial charge on any atom is -0.473 e. The van der Waals surface area contributed by atoms with Gasteiger partial charge in [0.25, 0.3) is 5.91 Å². The van der Waals surface area contributed by atoms with E-state index in [1.54, 1.807) is 19.0 Å². The molecule has 0 saturated carbocycles. The number of benzene rings is 1. The molecule has 0 aliphatic rings. The molecule has 0 fully saturated rings. The van der Waals surface area contributed by atoms with E-state index in [1.807, 2.05) is 41.8 Å². The van der Waals surface area contributed by atoms with Crippen LogP contribution in [0.4, 0.5) is 5.82 Å². The number of nitrogens with zero attached hydrogens (tertiary/aromatic N) is 3. The third-order valence-electron chi connectivity index (χ3n) is 4.25. The van der Waals surface area contributed by atoms with E-state index in [1.165, 1.54) is 11.1 Å². The van der Waals surface area contributed by atoms with Crippen LogP contribution in [0.5, 0.6) is 0 Å². The maximum absolute atomic E-state index is 12.3. The van der Waals surface area contributed by atoms with Gasteiger partial charge in [-0.05, 0) is 37.1 Å². The van der Waals surface area contributed by atoms with Gasteiger partial charge in [-0.1, -0.05) is 24.3 Å².